The molecule has 0 aliphatic heterocycles. The molecule has 0 saturated heterocycles. The second-order valence-corrected chi connectivity index (χ2v) is 7.62. The van der Waals surface area contributed by atoms with Crippen LogP contribution in [0, 0.1) is 13.8 Å². The van der Waals surface area contributed by atoms with Gasteiger partial charge in [0.05, 0.1) is 18.6 Å². The largest absolute Gasteiger partial charge is 0.325 e. The van der Waals surface area contributed by atoms with E-state index in [1.54, 1.807) is 0 Å². The summed E-state index contributed by atoms with van der Waals surface area (Å²) in [6.45, 7) is 7.54. The van der Waals surface area contributed by atoms with Crippen LogP contribution in [0.2, 0.25) is 0 Å². The number of carbonyl (C=O) groups excluding carboxylic acids is 1. The normalized spacial score (nSPS) is 11.3. The number of aryl methyl sites for hydroxylation is 2. The maximum absolute atomic E-state index is 12.5. The van der Waals surface area contributed by atoms with E-state index in [1.165, 1.54) is 16.9 Å². The van der Waals surface area contributed by atoms with Crippen LogP contribution in [0.25, 0.3) is 10.2 Å². The molecule has 2 N–H and O–H groups in total. The van der Waals surface area contributed by atoms with E-state index in [2.05, 4.69) is 22.2 Å². The number of anilines is 1. The topological polar surface area (TPSA) is 78.1 Å². The van der Waals surface area contributed by atoms with Crippen molar-refractivity contribution < 1.29 is 4.79 Å². The number of thiophene rings is 1. The average molecular weight is 385 g/mol. The zero-order valence-corrected chi connectivity index (χ0v) is 16.7. The summed E-state index contributed by atoms with van der Waals surface area (Å²) in [5.41, 5.74) is 3.71. The Balaban J connectivity index is 1.69. The van der Waals surface area contributed by atoms with Gasteiger partial charge in [0.2, 0.25) is 5.91 Å². The predicted molar refractivity (Wildman–Crippen MR) is 110 cm³/mol. The minimum atomic E-state index is -0.124. The number of fused-ring (bicyclic) bond motifs is 1. The molecule has 27 heavy (non-hydrogen) atoms. The third-order valence-corrected chi connectivity index (χ3v) is 5.34. The maximum Gasteiger partial charge on any atom is 0.268 e. The van der Waals surface area contributed by atoms with Gasteiger partial charge in [-0.15, -0.1) is 11.3 Å². The Bertz CT molecular complexity index is 1010. The molecule has 3 aromatic rings. The van der Waals surface area contributed by atoms with Crippen molar-refractivity contribution >= 4 is 33.1 Å². The van der Waals surface area contributed by atoms with Crippen LogP contribution in [0.1, 0.15) is 30.3 Å². The van der Waals surface area contributed by atoms with Crippen molar-refractivity contribution in [3.05, 3.63) is 57.0 Å². The van der Waals surface area contributed by atoms with Crippen molar-refractivity contribution in [2.45, 2.75) is 33.7 Å². The van der Waals surface area contributed by atoms with E-state index >= 15 is 0 Å². The van der Waals surface area contributed by atoms with Gasteiger partial charge in [0.15, 0.2) is 0 Å². The van der Waals surface area contributed by atoms with Crippen LogP contribution in [0.15, 0.2) is 34.4 Å². The van der Waals surface area contributed by atoms with E-state index in [1.807, 2.05) is 48.4 Å². The molecule has 0 atom stereocenters. The molecule has 1 amide bonds. The Morgan fingerprint density at radius 2 is 2.07 bits per heavy atom. The molecule has 1 aromatic carbocycles. The quantitative estimate of drug-likeness (QED) is 0.654. The lowest BCUT2D eigenvalue weighted by Crippen LogP contribution is -2.34. The molecule has 0 aliphatic carbocycles. The standard InChI is InChI=1S/C20H24N4O2S/c1-4-8-24(11-17-22-16-7-9-27-19(16)20(26)23-17)12-18(25)21-15-6-5-13(2)14(3)10-15/h5-7,9-10H,4,8,11-12H2,1-3H3,(H,21,25)(H,22,23,26). The number of hydrogen-bond acceptors (Lipinski definition) is 5. The van der Waals surface area contributed by atoms with E-state index in [-0.39, 0.29) is 18.0 Å². The van der Waals surface area contributed by atoms with Crippen LogP contribution in [0.3, 0.4) is 0 Å². The molecule has 0 fully saturated rings. The molecule has 0 bridgehead atoms. The number of rotatable bonds is 7. The molecule has 0 unspecified atom stereocenters. The van der Waals surface area contributed by atoms with Gasteiger partial charge in [-0.25, -0.2) is 4.98 Å². The molecule has 6 nitrogen and oxygen atoms in total. The monoisotopic (exact) mass is 384 g/mol. The summed E-state index contributed by atoms with van der Waals surface area (Å²) in [4.78, 5) is 34.0. The number of aromatic amines is 1. The zero-order valence-electron chi connectivity index (χ0n) is 15.8. The molecule has 0 saturated carbocycles. The molecule has 0 spiro atoms. The first-order valence-corrected chi connectivity index (χ1v) is 9.90. The second-order valence-electron chi connectivity index (χ2n) is 6.71. The summed E-state index contributed by atoms with van der Waals surface area (Å²) in [5, 5.41) is 4.81. The Morgan fingerprint density at radius 3 is 2.81 bits per heavy atom. The van der Waals surface area contributed by atoms with Crippen LogP contribution in [-0.2, 0) is 11.3 Å². The van der Waals surface area contributed by atoms with Crippen molar-refractivity contribution in [2.24, 2.45) is 0 Å². The maximum atomic E-state index is 12.5. The van der Waals surface area contributed by atoms with Crippen LogP contribution in [0.4, 0.5) is 5.69 Å². The van der Waals surface area contributed by atoms with Gasteiger partial charge < -0.3 is 10.3 Å². The van der Waals surface area contributed by atoms with E-state index < -0.39 is 0 Å². The van der Waals surface area contributed by atoms with Crippen LogP contribution in [0.5, 0.6) is 0 Å². The summed E-state index contributed by atoms with van der Waals surface area (Å²) in [7, 11) is 0. The Kier molecular flexibility index (Phi) is 6.03. The number of H-pyrrole nitrogens is 1. The highest BCUT2D eigenvalue weighted by Gasteiger charge is 2.14. The van der Waals surface area contributed by atoms with Gasteiger partial charge in [-0.3, -0.25) is 14.5 Å². The highest BCUT2D eigenvalue weighted by Crippen LogP contribution is 2.15. The number of benzene rings is 1. The number of hydrogen-bond donors (Lipinski definition) is 2. The molecule has 3 rings (SSSR count). The lowest BCUT2D eigenvalue weighted by Gasteiger charge is -2.20. The van der Waals surface area contributed by atoms with Crippen molar-refractivity contribution in [1.82, 2.24) is 14.9 Å². The van der Waals surface area contributed by atoms with E-state index in [0.29, 0.717) is 22.6 Å². The van der Waals surface area contributed by atoms with Crippen molar-refractivity contribution in [3.63, 3.8) is 0 Å². The molecule has 7 heteroatoms. The second kappa shape index (κ2) is 8.45. The summed E-state index contributed by atoms with van der Waals surface area (Å²) in [5.74, 6) is 0.504. The minimum Gasteiger partial charge on any atom is -0.325 e. The first kappa shape index (κ1) is 19.3. The minimum absolute atomic E-state index is 0.0781. The third kappa shape index (κ3) is 4.81. The Labute approximate surface area is 162 Å². The number of aromatic nitrogens is 2. The van der Waals surface area contributed by atoms with E-state index in [4.69, 9.17) is 0 Å². The number of nitrogens with one attached hydrogen (secondary N) is 2. The van der Waals surface area contributed by atoms with Crippen LogP contribution >= 0.6 is 11.3 Å². The lowest BCUT2D eigenvalue weighted by molar-refractivity contribution is -0.117. The van der Waals surface area contributed by atoms with Crippen molar-refractivity contribution in [3.8, 4) is 0 Å². The molecular weight excluding hydrogens is 360 g/mol. The van der Waals surface area contributed by atoms with Crippen LogP contribution in [-0.4, -0.2) is 33.9 Å². The van der Waals surface area contributed by atoms with Crippen molar-refractivity contribution in [1.29, 1.82) is 0 Å². The SMILES string of the molecule is CCCN(CC(=O)Nc1ccc(C)c(C)c1)Cc1nc2ccsc2c(=O)[nH]1. The van der Waals surface area contributed by atoms with Gasteiger partial charge in [-0.2, -0.15) is 0 Å². The first-order valence-electron chi connectivity index (χ1n) is 9.02. The van der Waals surface area contributed by atoms with Gasteiger partial charge in [0.25, 0.3) is 5.56 Å². The van der Waals surface area contributed by atoms with E-state index in [0.717, 1.165) is 24.2 Å². The fourth-order valence-electron chi connectivity index (χ4n) is 2.96. The lowest BCUT2D eigenvalue weighted by atomic mass is 10.1. The summed E-state index contributed by atoms with van der Waals surface area (Å²) in [6, 6.07) is 7.73. The van der Waals surface area contributed by atoms with Gasteiger partial charge in [0, 0.05) is 5.69 Å². The van der Waals surface area contributed by atoms with Gasteiger partial charge in [-0.1, -0.05) is 13.0 Å². The molecule has 2 heterocycles. The molecular formula is C20H24N4O2S. The fraction of sp³-hybridized carbons (Fsp3) is 0.350. The van der Waals surface area contributed by atoms with Gasteiger partial charge >= 0.3 is 0 Å². The molecule has 0 aliphatic rings. The molecule has 2 aromatic heterocycles. The summed E-state index contributed by atoms with van der Waals surface area (Å²) < 4.78 is 0.633. The summed E-state index contributed by atoms with van der Waals surface area (Å²) >= 11 is 1.38. The highest BCUT2D eigenvalue weighted by atomic mass is 32.1. The summed E-state index contributed by atoms with van der Waals surface area (Å²) in [6.07, 6.45) is 0.905. The third-order valence-electron chi connectivity index (χ3n) is 4.43. The fourth-order valence-corrected chi connectivity index (χ4v) is 3.69. The van der Waals surface area contributed by atoms with Crippen LogP contribution < -0.4 is 10.9 Å². The highest BCUT2D eigenvalue weighted by molar-refractivity contribution is 7.17. The smallest absolute Gasteiger partial charge is 0.268 e. The van der Waals surface area contributed by atoms with E-state index in [9.17, 15) is 9.59 Å². The number of carbonyl (C=O) groups is 1. The molecule has 142 valence electrons. The number of nitrogens with zero attached hydrogens (tertiary/aromatic N) is 2. The Hall–Kier alpha value is -2.51. The van der Waals surface area contributed by atoms with Gasteiger partial charge in [0.1, 0.15) is 10.5 Å². The predicted octanol–water partition coefficient (Wildman–Crippen LogP) is 3.45. The first-order chi connectivity index (χ1) is 13.0. The number of amides is 1. The van der Waals surface area contributed by atoms with Crippen molar-refractivity contribution in [2.75, 3.05) is 18.4 Å². The average Bonchev–Trinajstić information content (AvgIpc) is 3.07. The van der Waals surface area contributed by atoms with Gasteiger partial charge in [-0.05, 0) is 61.5 Å². The molecule has 0 radical (unpaired) electrons. The zero-order chi connectivity index (χ0) is 19.4. The Morgan fingerprint density at radius 1 is 1.26 bits per heavy atom.